The molecule has 0 amide bonds. The first kappa shape index (κ1) is 23.0. The third kappa shape index (κ3) is 4.10. The molecular weight excluding hydrogens is 441 g/mol. The number of rotatable bonds is 6. The van der Waals surface area contributed by atoms with Crippen molar-refractivity contribution in [1.29, 1.82) is 0 Å². The largest absolute Gasteiger partial charge is 0.494 e. The summed E-state index contributed by atoms with van der Waals surface area (Å²) in [6, 6.07) is 9.86. The summed E-state index contributed by atoms with van der Waals surface area (Å²) >= 11 is 6.46. The Bertz CT molecular complexity index is 1100. The Morgan fingerprint density at radius 3 is 2.59 bits per heavy atom. The van der Waals surface area contributed by atoms with Crippen LogP contribution in [0.3, 0.4) is 0 Å². The van der Waals surface area contributed by atoms with Crippen molar-refractivity contribution < 1.29 is 34.3 Å². The highest BCUT2D eigenvalue weighted by Gasteiger charge is 2.44. The van der Waals surface area contributed by atoms with Crippen LogP contribution in [0.25, 0.3) is 10.9 Å². The lowest BCUT2D eigenvalue weighted by Gasteiger charge is -2.40. The van der Waals surface area contributed by atoms with Crippen LogP contribution in [0.5, 0.6) is 5.75 Å². The van der Waals surface area contributed by atoms with E-state index in [2.05, 4.69) is 0 Å². The molecule has 0 saturated carbocycles. The smallest absolute Gasteiger partial charge is 0.131 e. The molecule has 4 N–H and O–H groups in total. The minimum atomic E-state index is -1.51. The molecule has 0 unspecified atom stereocenters. The summed E-state index contributed by atoms with van der Waals surface area (Å²) in [5, 5.41) is 41.5. The normalized spacial score (nSPS) is 25.9. The van der Waals surface area contributed by atoms with Crippen molar-refractivity contribution >= 4 is 22.5 Å². The van der Waals surface area contributed by atoms with Crippen LogP contribution in [0.4, 0.5) is 4.39 Å². The first-order valence-corrected chi connectivity index (χ1v) is 10.7. The number of hydrogen-bond acceptors (Lipinski definition) is 6. The molecule has 172 valence electrons. The summed E-state index contributed by atoms with van der Waals surface area (Å²) < 4.78 is 27.5. The molecule has 1 saturated heterocycles. The van der Waals surface area contributed by atoms with Gasteiger partial charge in [-0.2, -0.15) is 0 Å². The zero-order chi connectivity index (χ0) is 23.0. The second-order valence-electron chi connectivity index (χ2n) is 7.78. The summed E-state index contributed by atoms with van der Waals surface area (Å²) in [6.07, 6.45) is -4.79. The van der Waals surface area contributed by atoms with Gasteiger partial charge in [0.25, 0.3) is 0 Å². The van der Waals surface area contributed by atoms with Crippen LogP contribution < -0.4 is 4.74 Å². The fourth-order valence-electron chi connectivity index (χ4n) is 4.15. The van der Waals surface area contributed by atoms with Crippen LogP contribution in [-0.2, 0) is 11.3 Å². The van der Waals surface area contributed by atoms with E-state index in [0.717, 1.165) is 0 Å². The molecule has 7 nitrogen and oxygen atoms in total. The molecule has 0 radical (unpaired) electrons. The fourth-order valence-corrected chi connectivity index (χ4v) is 4.43. The van der Waals surface area contributed by atoms with Gasteiger partial charge in [0, 0.05) is 28.8 Å². The number of nitrogens with zero attached hydrogens (tertiary/aromatic N) is 1. The number of halogens is 2. The first-order chi connectivity index (χ1) is 15.3. The highest BCUT2D eigenvalue weighted by molar-refractivity contribution is 6.35. The SMILES string of the molecule is CCOc1ccc(Cn2cc([C@@H]3O[C@H](CO)[C@@H](O)[C@H](O)[C@H]3O)c3cccc(Cl)c32)c(F)c1. The molecule has 4 rings (SSSR count). The van der Waals surface area contributed by atoms with Crippen molar-refractivity contribution in [3.63, 3.8) is 0 Å². The lowest BCUT2D eigenvalue weighted by Crippen LogP contribution is -2.55. The monoisotopic (exact) mass is 465 g/mol. The fraction of sp³-hybridized carbons (Fsp3) is 0.391. The molecule has 1 aromatic heterocycles. The van der Waals surface area contributed by atoms with E-state index in [0.29, 0.717) is 39.4 Å². The quantitative estimate of drug-likeness (QED) is 0.445. The van der Waals surface area contributed by atoms with Crippen molar-refractivity contribution in [2.75, 3.05) is 13.2 Å². The Morgan fingerprint density at radius 2 is 1.91 bits per heavy atom. The maximum Gasteiger partial charge on any atom is 0.131 e. The van der Waals surface area contributed by atoms with E-state index in [4.69, 9.17) is 21.1 Å². The third-order valence-electron chi connectivity index (χ3n) is 5.75. The summed E-state index contributed by atoms with van der Waals surface area (Å²) in [4.78, 5) is 0. The molecule has 0 bridgehead atoms. The highest BCUT2D eigenvalue weighted by atomic mass is 35.5. The van der Waals surface area contributed by atoms with Crippen molar-refractivity contribution in [2.24, 2.45) is 0 Å². The number of ether oxygens (including phenoxy) is 2. The maximum absolute atomic E-state index is 14.7. The van der Waals surface area contributed by atoms with Gasteiger partial charge in [0.15, 0.2) is 0 Å². The number of para-hydroxylation sites is 1. The minimum Gasteiger partial charge on any atom is -0.494 e. The lowest BCUT2D eigenvalue weighted by atomic mass is 9.91. The van der Waals surface area contributed by atoms with Gasteiger partial charge in [-0.15, -0.1) is 0 Å². The zero-order valence-corrected chi connectivity index (χ0v) is 18.1. The van der Waals surface area contributed by atoms with Gasteiger partial charge in [-0.1, -0.05) is 29.8 Å². The minimum absolute atomic E-state index is 0.149. The Balaban J connectivity index is 1.76. The van der Waals surface area contributed by atoms with Crippen LogP contribution in [0.15, 0.2) is 42.6 Å². The van der Waals surface area contributed by atoms with Gasteiger partial charge in [0.2, 0.25) is 0 Å². The summed E-state index contributed by atoms with van der Waals surface area (Å²) in [5.74, 6) is 0.00500. The van der Waals surface area contributed by atoms with E-state index in [1.807, 2.05) is 6.92 Å². The predicted octanol–water partition coefficient (Wildman–Crippen LogP) is 2.40. The molecule has 1 aliphatic heterocycles. The number of hydrogen-bond donors (Lipinski definition) is 4. The van der Waals surface area contributed by atoms with Gasteiger partial charge in [-0.3, -0.25) is 0 Å². The number of benzene rings is 2. The summed E-state index contributed by atoms with van der Waals surface area (Å²) in [7, 11) is 0. The second-order valence-corrected chi connectivity index (χ2v) is 8.19. The van der Waals surface area contributed by atoms with Gasteiger partial charge in [-0.25, -0.2) is 4.39 Å². The molecule has 9 heteroatoms. The Hall–Kier alpha value is -2.20. The zero-order valence-electron chi connectivity index (χ0n) is 17.4. The second kappa shape index (κ2) is 9.35. The average molecular weight is 466 g/mol. The molecule has 2 heterocycles. The summed E-state index contributed by atoms with van der Waals surface area (Å²) in [6.45, 7) is 1.87. The molecule has 0 spiro atoms. The number of aromatic nitrogens is 1. The van der Waals surface area contributed by atoms with E-state index in [9.17, 15) is 24.8 Å². The summed E-state index contributed by atoms with van der Waals surface area (Å²) in [5.41, 5.74) is 1.52. The Morgan fingerprint density at radius 1 is 1.12 bits per heavy atom. The molecular formula is C23H25ClFNO6. The van der Waals surface area contributed by atoms with E-state index in [1.165, 1.54) is 6.07 Å². The van der Waals surface area contributed by atoms with Gasteiger partial charge >= 0.3 is 0 Å². The van der Waals surface area contributed by atoms with Gasteiger partial charge in [0.05, 0.1) is 30.3 Å². The van der Waals surface area contributed by atoms with Crippen LogP contribution in [0, 0.1) is 5.82 Å². The third-order valence-corrected chi connectivity index (χ3v) is 6.06. The van der Waals surface area contributed by atoms with Crippen LogP contribution in [0.2, 0.25) is 5.02 Å². The first-order valence-electron chi connectivity index (χ1n) is 10.3. The van der Waals surface area contributed by atoms with Crippen molar-refractivity contribution in [3.05, 3.63) is 64.6 Å². The van der Waals surface area contributed by atoms with E-state index in [-0.39, 0.29) is 6.54 Å². The Kier molecular flexibility index (Phi) is 6.71. The maximum atomic E-state index is 14.7. The topological polar surface area (TPSA) is 104 Å². The predicted molar refractivity (Wildman–Crippen MR) is 116 cm³/mol. The van der Waals surface area contributed by atoms with Gasteiger partial charge < -0.3 is 34.5 Å². The average Bonchev–Trinajstić information content (AvgIpc) is 3.14. The van der Waals surface area contributed by atoms with E-state index >= 15 is 0 Å². The van der Waals surface area contributed by atoms with Crippen LogP contribution >= 0.6 is 11.6 Å². The van der Waals surface area contributed by atoms with E-state index < -0.39 is 42.9 Å². The number of aliphatic hydroxyl groups is 4. The van der Waals surface area contributed by atoms with Crippen LogP contribution in [0.1, 0.15) is 24.2 Å². The van der Waals surface area contributed by atoms with Gasteiger partial charge in [-0.05, 0) is 19.1 Å². The van der Waals surface area contributed by atoms with Crippen LogP contribution in [-0.4, -0.2) is 62.6 Å². The molecule has 1 fully saturated rings. The number of fused-ring (bicyclic) bond motifs is 1. The molecule has 5 atom stereocenters. The molecule has 0 aliphatic carbocycles. The van der Waals surface area contributed by atoms with Gasteiger partial charge in [0.1, 0.15) is 42.1 Å². The number of aliphatic hydroxyl groups excluding tert-OH is 4. The Labute approximate surface area is 189 Å². The van der Waals surface area contributed by atoms with Crippen molar-refractivity contribution in [3.8, 4) is 5.75 Å². The molecule has 3 aromatic rings. The molecule has 2 aromatic carbocycles. The van der Waals surface area contributed by atoms with Crippen molar-refractivity contribution in [2.45, 2.75) is 44.0 Å². The molecule has 32 heavy (non-hydrogen) atoms. The van der Waals surface area contributed by atoms with E-state index in [1.54, 1.807) is 41.1 Å². The highest BCUT2D eigenvalue weighted by Crippen LogP contribution is 2.39. The van der Waals surface area contributed by atoms with Crippen molar-refractivity contribution in [1.82, 2.24) is 4.57 Å². The molecule has 1 aliphatic rings. The standard InChI is InChI=1S/C23H25ClFNO6/c1-2-31-13-7-6-12(17(25)8-13)9-26-10-15(14-4-3-5-16(24)19(14)26)23-22(30)21(29)20(28)18(11-27)32-23/h3-8,10,18,20-23,27-30H,2,9,11H2,1H3/t18-,20-,21+,22-,23+/m1/s1. The lowest BCUT2D eigenvalue weighted by molar-refractivity contribution is -0.231.